The van der Waals surface area contributed by atoms with Gasteiger partial charge < -0.3 is 0 Å². The molecule has 0 aromatic heterocycles. The Labute approximate surface area is 268 Å². The van der Waals surface area contributed by atoms with Gasteiger partial charge in [0.1, 0.15) is 0 Å². The third-order valence-electron chi connectivity index (χ3n) is 9.41. The molecule has 0 unspecified atom stereocenters. The van der Waals surface area contributed by atoms with Crippen LogP contribution < -0.4 is 0 Å². The van der Waals surface area contributed by atoms with E-state index in [4.69, 9.17) is 0 Å². The smallest absolute Gasteiger partial charge is 0.000117 e. The first kappa shape index (κ1) is 26.4. The van der Waals surface area contributed by atoms with Crippen LogP contribution in [0.15, 0.2) is 182 Å². The molecule has 0 aliphatic heterocycles. The average Bonchev–Trinajstić information content (AvgIpc) is 3.14. The zero-order valence-electron chi connectivity index (χ0n) is 25.3. The monoisotopic (exact) mass is 582 g/mol. The van der Waals surface area contributed by atoms with E-state index in [0.29, 0.717) is 0 Å². The number of hydrogen-bond acceptors (Lipinski definition) is 0. The fourth-order valence-corrected chi connectivity index (χ4v) is 7.55. The van der Waals surface area contributed by atoms with Crippen LogP contribution in [0.3, 0.4) is 0 Å². The molecular weight excluding hydrogens is 553 g/mol. The van der Waals surface area contributed by atoms with Crippen molar-refractivity contribution in [1.29, 1.82) is 0 Å². The van der Waals surface area contributed by atoms with Gasteiger partial charge >= 0.3 is 0 Å². The van der Waals surface area contributed by atoms with E-state index in [2.05, 4.69) is 182 Å². The van der Waals surface area contributed by atoms with Crippen LogP contribution in [0.25, 0.3) is 87.6 Å². The van der Waals surface area contributed by atoms with Gasteiger partial charge in [-0.2, -0.15) is 0 Å². The molecule has 0 N–H and O–H groups in total. The van der Waals surface area contributed by atoms with E-state index in [1.807, 2.05) is 0 Å². The van der Waals surface area contributed by atoms with Crippen molar-refractivity contribution in [2.75, 3.05) is 0 Å². The highest BCUT2D eigenvalue weighted by Crippen LogP contribution is 2.54. The minimum absolute atomic E-state index is 1.22. The Morgan fingerprint density at radius 2 is 0.543 bits per heavy atom. The first-order valence-corrected chi connectivity index (χ1v) is 16.0. The van der Waals surface area contributed by atoms with E-state index in [9.17, 15) is 0 Å². The van der Waals surface area contributed by atoms with Gasteiger partial charge in [-0.05, 0) is 87.6 Å². The second-order valence-corrected chi connectivity index (χ2v) is 12.0. The maximum absolute atomic E-state index is 2.36. The lowest BCUT2D eigenvalue weighted by Gasteiger charge is -2.26. The summed E-state index contributed by atoms with van der Waals surface area (Å²) in [5.74, 6) is 0. The van der Waals surface area contributed by atoms with Crippen LogP contribution in [0.2, 0.25) is 0 Å². The molecule has 214 valence electrons. The molecule has 0 bridgehead atoms. The van der Waals surface area contributed by atoms with Crippen molar-refractivity contribution in [3.8, 4) is 44.5 Å². The number of hydrogen-bond donors (Lipinski definition) is 0. The van der Waals surface area contributed by atoms with E-state index in [1.165, 1.54) is 87.6 Å². The van der Waals surface area contributed by atoms with Gasteiger partial charge in [-0.1, -0.05) is 182 Å². The van der Waals surface area contributed by atoms with Gasteiger partial charge in [-0.3, -0.25) is 0 Å². The van der Waals surface area contributed by atoms with Crippen LogP contribution in [-0.2, 0) is 0 Å². The summed E-state index contributed by atoms with van der Waals surface area (Å²) in [6.45, 7) is 0. The highest BCUT2D eigenvalue weighted by molar-refractivity contribution is 6.36. The lowest BCUT2D eigenvalue weighted by atomic mass is 9.77. The number of benzene rings is 9. The second kappa shape index (κ2) is 10.9. The van der Waals surface area contributed by atoms with Crippen LogP contribution in [0.1, 0.15) is 0 Å². The first-order chi connectivity index (χ1) is 22.9. The van der Waals surface area contributed by atoms with Gasteiger partial charge in [0.2, 0.25) is 0 Å². The standard InChI is InChI=1S/C46H30/c1-5-18-32(19-6-1)40-37-27-15-16-28-38(37)41(33-20-7-2-8-21-33)46-43(35-24-11-4-12-25-35)44-36-26-14-13-17-31(36)29-30-39(44)42(45(40)46)34-22-9-3-10-23-34/h1-30H. The average molecular weight is 583 g/mol. The zero-order chi connectivity index (χ0) is 30.5. The van der Waals surface area contributed by atoms with Crippen molar-refractivity contribution in [1.82, 2.24) is 0 Å². The fraction of sp³-hybridized carbons (Fsp3) is 0. The van der Waals surface area contributed by atoms with E-state index in [0.717, 1.165) is 0 Å². The summed E-state index contributed by atoms with van der Waals surface area (Å²) in [5, 5.41) is 10.2. The fourth-order valence-electron chi connectivity index (χ4n) is 7.55. The quantitative estimate of drug-likeness (QED) is 0.143. The van der Waals surface area contributed by atoms with Crippen molar-refractivity contribution in [3.63, 3.8) is 0 Å². The van der Waals surface area contributed by atoms with E-state index >= 15 is 0 Å². The van der Waals surface area contributed by atoms with Gasteiger partial charge in [-0.25, -0.2) is 0 Å². The summed E-state index contributed by atoms with van der Waals surface area (Å²) < 4.78 is 0. The van der Waals surface area contributed by atoms with Crippen molar-refractivity contribution in [2.24, 2.45) is 0 Å². The molecule has 0 saturated heterocycles. The predicted octanol–water partition coefficient (Wildman–Crippen LogP) is 13.0. The molecule has 9 aromatic rings. The van der Waals surface area contributed by atoms with Crippen LogP contribution in [0.4, 0.5) is 0 Å². The van der Waals surface area contributed by atoms with E-state index in [1.54, 1.807) is 0 Å². The molecule has 0 heteroatoms. The van der Waals surface area contributed by atoms with Gasteiger partial charge in [-0.15, -0.1) is 0 Å². The predicted molar refractivity (Wildman–Crippen MR) is 198 cm³/mol. The summed E-state index contributed by atoms with van der Waals surface area (Å²) in [6.07, 6.45) is 0. The van der Waals surface area contributed by atoms with Crippen molar-refractivity contribution in [3.05, 3.63) is 182 Å². The Balaban J connectivity index is 1.71. The molecule has 0 fully saturated rings. The van der Waals surface area contributed by atoms with Gasteiger partial charge in [0.15, 0.2) is 0 Å². The molecule has 0 aliphatic rings. The molecule has 9 aromatic carbocycles. The van der Waals surface area contributed by atoms with Crippen LogP contribution in [0, 0.1) is 0 Å². The molecule has 0 heterocycles. The Kier molecular flexibility index (Phi) is 6.25. The lowest BCUT2D eigenvalue weighted by molar-refractivity contribution is 1.63. The largest absolute Gasteiger partial charge is 0.0622 e. The minimum Gasteiger partial charge on any atom is -0.0622 e. The van der Waals surface area contributed by atoms with Crippen LogP contribution in [0.5, 0.6) is 0 Å². The van der Waals surface area contributed by atoms with E-state index < -0.39 is 0 Å². The lowest BCUT2D eigenvalue weighted by Crippen LogP contribution is -1.98. The van der Waals surface area contributed by atoms with Crippen molar-refractivity contribution >= 4 is 43.1 Å². The number of fused-ring (bicyclic) bond motifs is 5. The molecule has 0 nitrogen and oxygen atoms in total. The van der Waals surface area contributed by atoms with E-state index in [-0.39, 0.29) is 0 Å². The van der Waals surface area contributed by atoms with Gasteiger partial charge in [0.05, 0.1) is 0 Å². The van der Waals surface area contributed by atoms with Gasteiger partial charge in [0.25, 0.3) is 0 Å². The summed E-state index contributed by atoms with van der Waals surface area (Å²) >= 11 is 0. The summed E-state index contributed by atoms with van der Waals surface area (Å²) in [4.78, 5) is 0. The molecule has 46 heavy (non-hydrogen) atoms. The Bertz CT molecular complexity index is 2530. The highest BCUT2D eigenvalue weighted by Gasteiger charge is 2.26. The normalized spacial score (nSPS) is 11.5. The van der Waals surface area contributed by atoms with Crippen LogP contribution >= 0.6 is 0 Å². The molecule has 0 atom stereocenters. The molecule has 0 amide bonds. The SMILES string of the molecule is c1ccc(-c2c3ccccc3c(-c3ccccc3)c3c(-c4ccccc4)c4c(ccc5ccccc54)c(-c4ccccc4)c23)cc1. The Morgan fingerprint density at radius 3 is 1.02 bits per heavy atom. The highest BCUT2D eigenvalue weighted by atomic mass is 14.3. The first-order valence-electron chi connectivity index (χ1n) is 16.0. The van der Waals surface area contributed by atoms with Crippen molar-refractivity contribution in [2.45, 2.75) is 0 Å². The zero-order valence-corrected chi connectivity index (χ0v) is 25.3. The molecule has 0 aliphatic carbocycles. The molecule has 9 rings (SSSR count). The second-order valence-electron chi connectivity index (χ2n) is 12.0. The van der Waals surface area contributed by atoms with Gasteiger partial charge in [0, 0.05) is 0 Å². The third-order valence-corrected chi connectivity index (χ3v) is 9.41. The maximum atomic E-state index is 2.36. The van der Waals surface area contributed by atoms with Crippen molar-refractivity contribution < 1.29 is 0 Å². The summed E-state index contributed by atoms with van der Waals surface area (Å²) in [5.41, 5.74) is 9.99. The Hall–Kier alpha value is -5.98. The molecule has 0 radical (unpaired) electrons. The summed E-state index contributed by atoms with van der Waals surface area (Å²) in [7, 11) is 0. The molecule has 0 spiro atoms. The maximum Gasteiger partial charge on any atom is -0.000117 e. The third kappa shape index (κ3) is 4.08. The molecular formula is C46H30. The summed E-state index contributed by atoms with van der Waals surface area (Å²) in [6, 6.07) is 66.5. The topological polar surface area (TPSA) is 0 Å². The molecule has 0 saturated carbocycles. The number of rotatable bonds is 4. The van der Waals surface area contributed by atoms with Crippen LogP contribution in [-0.4, -0.2) is 0 Å². The Morgan fingerprint density at radius 1 is 0.196 bits per heavy atom. The minimum atomic E-state index is 1.22.